The molecule has 0 fully saturated rings. The van der Waals surface area contributed by atoms with Gasteiger partial charge in [0.2, 0.25) is 0 Å². The second kappa shape index (κ2) is 12.1. The summed E-state index contributed by atoms with van der Waals surface area (Å²) in [6.07, 6.45) is 1.96. The molecule has 0 amide bonds. The van der Waals surface area contributed by atoms with Gasteiger partial charge in [-0.2, -0.15) is 0 Å². The van der Waals surface area contributed by atoms with Crippen LogP contribution in [0.2, 0.25) is 5.04 Å². The summed E-state index contributed by atoms with van der Waals surface area (Å²) in [5.74, 6) is 0.645. The molecule has 3 rings (SSSR count). The SMILES string of the molecule is CC(CCO[Si](c1ccccc1)(c1ccccc1)C(C)(C)C)Oc1cc(C[S+](C)[O-])cc([N+](=O)[O-])c1. The van der Waals surface area contributed by atoms with Crippen LogP contribution in [-0.4, -0.2) is 36.8 Å². The summed E-state index contributed by atoms with van der Waals surface area (Å²) in [7, 11) is -2.64. The van der Waals surface area contributed by atoms with Crippen molar-refractivity contribution in [2.24, 2.45) is 0 Å². The largest absolute Gasteiger partial charge is 0.616 e. The lowest BCUT2D eigenvalue weighted by atomic mass is 10.2. The molecule has 0 aliphatic heterocycles. The van der Waals surface area contributed by atoms with Gasteiger partial charge in [0.15, 0.2) is 0 Å². The van der Waals surface area contributed by atoms with E-state index in [9.17, 15) is 14.7 Å². The maximum absolute atomic E-state index is 11.7. The predicted molar refractivity (Wildman–Crippen MR) is 149 cm³/mol. The molecule has 0 aliphatic rings. The Bertz CT molecular complexity index is 1100. The Kier molecular flexibility index (Phi) is 9.35. The standard InChI is InChI=1S/C28H35NO5SSi/c1-22(34-25-19-23(21-35(5)32)18-24(20-25)29(30)31)16-17-33-36(28(2,3)4,26-12-8-6-9-13-26)27-14-10-7-11-15-27/h6-15,18-20,22H,16-17,21H2,1-5H3. The van der Waals surface area contributed by atoms with Crippen LogP contribution in [0.3, 0.4) is 0 Å². The van der Waals surface area contributed by atoms with Crippen LogP contribution in [-0.2, 0) is 21.4 Å². The lowest BCUT2D eigenvalue weighted by Gasteiger charge is -2.43. The molecule has 0 bridgehead atoms. The van der Waals surface area contributed by atoms with Gasteiger partial charge in [-0.05, 0) is 28.4 Å². The van der Waals surface area contributed by atoms with E-state index < -0.39 is 24.4 Å². The third kappa shape index (κ3) is 6.76. The topological polar surface area (TPSA) is 84.7 Å². The quantitative estimate of drug-likeness (QED) is 0.149. The smallest absolute Gasteiger partial charge is 0.273 e. The van der Waals surface area contributed by atoms with Crippen molar-refractivity contribution in [3.8, 4) is 5.75 Å². The molecule has 0 spiro atoms. The molecule has 2 atom stereocenters. The van der Waals surface area contributed by atoms with Gasteiger partial charge in [-0.3, -0.25) is 10.1 Å². The molecule has 2 unspecified atom stereocenters. The number of ether oxygens (including phenoxy) is 1. The highest BCUT2D eigenvalue weighted by molar-refractivity contribution is 7.89. The number of hydrogen-bond donors (Lipinski definition) is 0. The van der Waals surface area contributed by atoms with Gasteiger partial charge in [-0.1, -0.05) is 92.6 Å². The summed E-state index contributed by atoms with van der Waals surface area (Å²) in [6.45, 7) is 9.13. The van der Waals surface area contributed by atoms with Gasteiger partial charge in [0, 0.05) is 24.7 Å². The Hall–Kier alpha value is -2.65. The molecule has 0 saturated carbocycles. The fourth-order valence-corrected chi connectivity index (χ4v) is 9.78. The molecule has 8 heteroatoms. The van der Waals surface area contributed by atoms with Crippen molar-refractivity contribution in [3.63, 3.8) is 0 Å². The van der Waals surface area contributed by atoms with Gasteiger partial charge >= 0.3 is 0 Å². The van der Waals surface area contributed by atoms with E-state index in [2.05, 4.69) is 69.3 Å². The second-order valence-corrected chi connectivity index (χ2v) is 15.8. The average Bonchev–Trinajstić information content (AvgIpc) is 2.81. The lowest BCUT2D eigenvalue weighted by Crippen LogP contribution is -2.66. The Morgan fingerprint density at radius 3 is 2.00 bits per heavy atom. The van der Waals surface area contributed by atoms with Crippen molar-refractivity contribution in [2.75, 3.05) is 12.9 Å². The van der Waals surface area contributed by atoms with Gasteiger partial charge in [0.1, 0.15) is 11.5 Å². The second-order valence-electron chi connectivity index (χ2n) is 10.0. The zero-order chi connectivity index (χ0) is 26.3. The minimum absolute atomic E-state index is 0.0660. The lowest BCUT2D eigenvalue weighted by molar-refractivity contribution is -0.385. The Balaban J connectivity index is 1.81. The minimum Gasteiger partial charge on any atom is -0.616 e. The molecule has 0 N–H and O–H groups in total. The van der Waals surface area contributed by atoms with E-state index in [0.29, 0.717) is 24.3 Å². The maximum atomic E-state index is 11.7. The normalized spacial score (nSPS) is 13.7. The fraction of sp³-hybridized carbons (Fsp3) is 0.357. The van der Waals surface area contributed by atoms with Crippen LogP contribution in [0.25, 0.3) is 0 Å². The summed E-state index contributed by atoms with van der Waals surface area (Å²) < 4.78 is 24.7. The van der Waals surface area contributed by atoms with E-state index in [1.807, 2.05) is 19.1 Å². The van der Waals surface area contributed by atoms with E-state index >= 15 is 0 Å². The summed E-state index contributed by atoms with van der Waals surface area (Å²) in [6, 6.07) is 25.5. The number of benzene rings is 3. The highest BCUT2D eigenvalue weighted by Crippen LogP contribution is 2.37. The van der Waals surface area contributed by atoms with Crippen molar-refractivity contribution < 1.29 is 18.6 Å². The molecule has 0 radical (unpaired) electrons. The molecule has 3 aromatic rings. The van der Waals surface area contributed by atoms with Crippen molar-refractivity contribution in [1.82, 2.24) is 0 Å². The van der Waals surface area contributed by atoms with E-state index in [4.69, 9.17) is 9.16 Å². The van der Waals surface area contributed by atoms with Gasteiger partial charge in [0.25, 0.3) is 14.0 Å². The van der Waals surface area contributed by atoms with E-state index in [0.717, 1.165) is 0 Å². The van der Waals surface area contributed by atoms with Crippen LogP contribution >= 0.6 is 0 Å². The molecule has 3 aromatic carbocycles. The third-order valence-electron chi connectivity index (χ3n) is 6.13. The Morgan fingerprint density at radius 1 is 0.972 bits per heavy atom. The molecule has 0 aliphatic carbocycles. The molecule has 6 nitrogen and oxygen atoms in total. The average molecular weight is 526 g/mol. The van der Waals surface area contributed by atoms with Gasteiger partial charge in [0.05, 0.1) is 23.3 Å². The molecule has 36 heavy (non-hydrogen) atoms. The van der Waals surface area contributed by atoms with Crippen LogP contribution in [0.4, 0.5) is 5.69 Å². The van der Waals surface area contributed by atoms with Crippen molar-refractivity contribution >= 4 is 35.6 Å². The summed E-state index contributed by atoms with van der Waals surface area (Å²) in [5.41, 5.74) is 0.555. The Labute approximate surface area is 218 Å². The highest BCUT2D eigenvalue weighted by Gasteiger charge is 2.50. The van der Waals surface area contributed by atoms with Gasteiger partial charge < -0.3 is 13.7 Å². The van der Waals surface area contributed by atoms with Crippen LogP contribution in [0.15, 0.2) is 78.9 Å². The van der Waals surface area contributed by atoms with Gasteiger partial charge in [-0.15, -0.1) is 0 Å². The predicted octanol–water partition coefficient (Wildman–Crippen LogP) is 5.21. The molecule has 192 valence electrons. The third-order valence-corrected chi connectivity index (χ3v) is 11.9. The molecular formula is C28H35NO5SSi. The summed E-state index contributed by atoms with van der Waals surface area (Å²) in [4.78, 5) is 10.9. The zero-order valence-electron chi connectivity index (χ0n) is 21.6. The Morgan fingerprint density at radius 2 is 1.53 bits per heavy atom. The summed E-state index contributed by atoms with van der Waals surface area (Å²) in [5, 5.41) is 13.7. The number of rotatable bonds is 11. The number of hydrogen-bond acceptors (Lipinski definition) is 5. The monoisotopic (exact) mass is 525 g/mol. The number of non-ortho nitro benzene ring substituents is 1. The highest BCUT2D eigenvalue weighted by atomic mass is 32.2. The first kappa shape index (κ1) is 27.9. The fourth-order valence-electron chi connectivity index (χ4n) is 4.57. The molecule has 0 heterocycles. The zero-order valence-corrected chi connectivity index (χ0v) is 23.4. The molecule has 0 aromatic heterocycles. The summed E-state index contributed by atoms with van der Waals surface area (Å²) >= 11 is -1.11. The molecule has 0 saturated heterocycles. The van der Waals surface area contributed by atoms with E-state index in [-0.39, 0.29) is 22.6 Å². The molecular weight excluding hydrogens is 490 g/mol. The van der Waals surface area contributed by atoms with Gasteiger partial charge in [-0.25, -0.2) is 0 Å². The van der Waals surface area contributed by atoms with E-state index in [1.165, 1.54) is 22.5 Å². The maximum Gasteiger partial charge on any atom is 0.273 e. The van der Waals surface area contributed by atoms with Crippen molar-refractivity contribution in [3.05, 3.63) is 94.5 Å². The van der Waals surface area contributed by atoms with Crippen LogP contribution in [0.5, 0.6) is 5.75 Å². The number of nitrogens with zero attached hydrogens (tertiary/aromatic N) is 1. The van der Waals surface area contributed by atoms with Crippen LogP contribution in [0, 0.1) is 10.1 Å². The van der Waals surface area contributed by atoms with E-state index in [1.54, 1.807) is 12.3 Å². The number of nitro benzene ring substituents is 1. The van der Waals surface area contributed by atoms with Crippen molar-refractivity contribution in [2.45, 2.75) is 51.0 Å². The first-order valence-corrected chi connectivity index (χ1v) is 15.7. The van der Waals surface area contributed by atoms with Crippen LogP contribution < -0.4 is 15.1 Å². The minimum atomic E-state index is -2.64. The van der Waals surface area contributed by atoms with Crippen molar-refractivity contribution in [1.29, 1.82) is 0 Å². The first-order valence-electron chi connectivity index (χ1n) is 12.0. The van der Waals surface area contributed by atoms with Crippen LogP contribution in [0.1, 0.15) is 39.7 Å². The number of nitro groups is 1. The first-order chi connectivity index (χ1) is 17.0.